The standard InChI is InChI=1S/C33H31N5O6/c1-2-41-32(39)15-16-42-29-14-12-27(43-21-26-11-9-23-5-3-4-6-28(23)34-26)18-25(29)20-40-19-22-7-8-24-10-13-30(44-31(24)17-22)33-35-37-38-36-33/h3-9,11-14,17-18H,2,10,15-16,19-21H2,1H3,(H,35,36,37,38). The highest BCUT2D eigenvalue weighted by Crippen LogP contribution is 2.31. The van der Waals surface area contributed by atoms with Gasteiger partial charge in [0.2, 0.25) is 5.82 Å². The van der Waals surface area contributed by atoms with E-state index in [1.807, 2.05) is 78.9 Å². The van der Waals surface area contributed by atoms with E-state index in [9.17, 15) is 4.79 Å². The number of hydrogen-bond donors (Lipinski definition) is 1. The number of carbonyl (C=O) groups is 1. The molecule has 2 aromatic heterocycles. The number of nitrogens with zero attached hydrogens (tertiary/aromatic N) is 4. The zero-order chi connectivity index (χ0) is 30.1. The smallest absolute Gasteiger partial charge is 0.309 e. The minimum atomic E-state index is -0.305. The number of aromatic amines is 1. The van der Waals surface area contributed by atoms with Crippen LogP contribution in [0.3, 0.4) is 0 Å². The summed E-state index contributed by atoms with van der Waals surface area (Å²) in [4.78, 5) is 16.5. The maximum absolute atomic E-state index is 11.8. The van der Waals surface area contributed by atoms with Gasteiger partial charge in [0.15, 0.2) is 5.76 Å². The summed E-state index contributed by atoms with van der Waals surface area (Å²) in [6.45, 7) is 3.20. The van der Waals surface area contributed by atoms with Crippen LogP contribution in [0.15, 0.2) is 78.9 Å². The molecule has 0 atom stereocenters. The van der Waals surface area contributed by atoms with Crippen LogP contribution in [0.1, 0.15) is 41.6 Å². The number of fused-ring (bicyclic) bond motifs is 2. The van der Waals surface area contributed by atoms with Crippen molar-refractivity contribution in [2.45, 2.75) is 39.6 Å². The van der Waals surface area contributed by atoms with Crippen LogP contribution >= 0.6 is 0 Å². The Morgan fingerprint density at radius 1 is 0.977 bits per heavy atom. The average molecular weight is 594 g/mol. The van der Waals surface area contributed by atoms with E-state index in [0.29, 0.717) is 49.3 Å². The van der Waals surface area contributed by atoms with Crippen LogP contribution in [0, 0.1) is 0 Å². The summed E-state index contributed by atoms with van der Waals surface area (Å²) in [5, 5.41) is 15.1. The van der Waals surface area contributed by atoms with Gasteiger partial charge < -0.3 is 23.7 Å². The van der Waals surface area contributed by atoms with Crippen LogP contribution in [-0.4, -0.2) is 44.8 Å². The molecule has 1 aliphatic rings. The number of carbonyl (C=O) groups excluding carboxylic acids is 1. The third-order valence-corrected chi connectivity index (χ3v) is 6.89. The number of rotatable bonds is 13. The number of tetrazole rings is 1. The maximum Gasteiger partial charge on any atom is 0.309 e. The molecule has 0 bridgehead atoms. The van der Waals surface area contributed by atoms with Gasteiger partial charge in [-0.3, -0.25) is 4.79 Å². The Hall–Kier alpha value is -5.29. The van der Waals surface area contributed by atoms with Gasteiger partial charge in [0, 0.05) is 10.9 Å². The molecule has 0 amide bonds. The van der Waals surface area contributed by atoms with E-state index >= 15 is 0 Å². The second kappa shape index (κ2) is 13.8. The van der Waals surface area contributed by atoms with E-state index < -0.39 is 0 Å². The van der Waals surface area contributed by atoms with Gasteiger partial charge in [0.1, 0.15) is 23.9 Å². The predicted molar refractivity (Wildman–Crippen MR) is 161 cm³/mol. The lowest BCUT2D eigenvalue weighted by atomic mass is 10.1. The van der Waals surface area contributed by atoms with Crippen LogP contribution in [-0.2, 0) is 40.5 Å². The number of hydrogen-bond acceptors (Lipinski definition) is 10. The van der Waals surface area contributed by atoms with E-state index in [1.165, 1.54) is 0 Å². The summed E-state index contributed by atoms with van der Waals surface area (Å²) in [5.74, 6) is 2.65. The number of pyridine rings is 1. The van der Waals surface area contributed by atoms with Crippen molar-refractivity contribution in [2.75, 3.05) is 13.2 Å². The molecule has 0 saturated carbocycles. The number of nitrogens with one attached hydrogen (secondary N) is 1. The molecule has 0 fully saturated rings. The average Bonchev–Trinajstić information content (AvgIpc) is 3.60. The highest BCUT2D eigenvalue weighted by Gasteiger charge is 2.18. The summed E-state index contributed by atoms with van der Waals surface area (Å²) < 4.78 is 29.2. The first kappa shape index (κ1) is 28.8. The molecular weight excluding hydrogens is 562 g/mol. The molecule has 5 aromatic rings. The van der Waals surface area contributed by atoms with E-state index in [-0.39, 0.29) is 25.6 Å². The van der Waals surface area contributed by atoms with E-state index in [2.05, 4.69) is 20.6 Å². The van der Waals surface area contributed by atoms with Crippen molar-refractivity contribution in [2.24, 2.45) is 0 Å². The van der Waals surface area contributed by atoms with Crippen molar-refractivity contribution in [1.82, 2.24) is 25.6 Å². The number of ether oxygens (including phenoxy) is 5. The fourth-order valence-corrected chi connectivity index (χ4v) is 4.72. The third kappa shape index (κ3) is 7.19. The zero-order valence-electron chi connectivity index (χ0n) is 24.2. The van der Waals surface area contributed by atoms with Crippen molar-refractivity contribution < 1.29 is 28.5 Å². The van der Waals surface area contributed by atoms with Gasteiger partial charge in [-0.2, -0.15) is 5.21 Å². The number of allylic oxidation sites excluding steroid dienone is 1. The fraction of sp³-hybridized carbons (Fsp3) is 0.242. The van der Waals surface area contributed by atoms with Crippen molar-refractivity contribution >= 4 is 22.6 Å². The van der Waals surface area contributed by atoms with Crippen molar-refractivity contribution in [1.29, 1.82) is 0 Å². The summed E-state index contributed by atoms with van der Waals surface area (Å²) >= 11 is 0. The molecule has 0 unspecified atom stereocenters. The molecule has 11 nitrogen and oxygen atoms in total. The quantitative estimate of drug-likeness (QED) is 0.178. The second-order valence-electron chi connectivity index (χ2n) is 10.0. The van der Waals surface area contributed by atoms with Crippen molar-refractivity contribution in [3.8, 4) is 17.2 Å². The lowest BCUT2D eigenvalue weighted by Gasteiger charge is -2.17. The minimum Gasteiger partial charge on any atom is -0.493 e. The SMILES string of the molecule is CCOC(=O)CCOc1ccc(OCc2ccc3ccccc3n2)cc1COCc1ccc2c(c1)OC(c1nn[nH]n1)=CC2. The summed E-state index contributed by atoms with van der Waals surface area (Å²) in [7, 11) is 0. The van der Waals surface area contributed by atoms with Gasteiger partial charge in [-0.25, -0.2) is 4.98 Å². The van der Waals surface area contributed by atoms with E-state index in [1.54, 1.807) is 6.92 Å². The van der Waals surface area contributed by atoms with Gasteiger partial charge in [-0.15, -0.1) is 10.2 Å². The Balaban J connectivity index is 1.11. The number of H-pyrrole nitrogens is 1. The molecule has 44 heavy (non-hydrogen) atoms. The van der Waals surface area contributed by atoms with E-state index in [4.69, 9.17) is 28.7 Å². The van der Waals surface area contributed by atoms with Gasteiger partial charge in [0.05, 0.1) is 44.1 Å². The highest BCUT2D eigenvalue weighted by atomic mass is 16.5. The molecule has 3 heterocycles. The maximum atomic E-state index is 11.8. The topological polar surface area (TPSA) is 131 Å². The van der Waals surface area contributed by atoms with Gasteiger partial charge in [0.25, 0.3) is 0 Å². The second-order valence-corrected chi connectivity index (χ2v) is 10.0. The summed E-state index contributed by atoms with van der Waals surface area (Å²) in [6.07, 6.45) is 2.78. The molecular formula is C33H31N5O6. The molecule has 11 heteroatoms. The molecule has 1 N–H and O–H groups in total. The zero-order valence-corrected chi connectivity index (χ0v) is 24.2. The third-order valence-electron chi connectivity index (χ3n) is 6.89. The first-order valence-corrected chi connectivity index (χ1v) is 14.3. The Labute approximate surface area is 253 Å². The lowest BCUT2D eigenvalue weighted by molar-refractivity contribution is -0.143. The Kier molecular flexibility index (Phi) is 9.03. The monoisotopic (exact) mass is 593 g/mol. The Morgan fingerprint density at radius 2 is 1.91 bits per heavy atom. The molecule has 0 spiro atoms. The predicted octanol–water partition coefficient (Wildman–Crippen LogP) is 5.35. The van der Waals surface area contributed by atoms with Crippen LogP contribution in [0.5, 0.6) is 17.2 Å². The van der Waals surface area contributed by atoms with Crippen LogP contribution in [0.25, 0.3) is 16.7 Å². The molecule has 224 valence electrons. The van der Waals surface area contributed by atoms with Gasteiger partial charge in [-0.1, -0.05) is 36.4 Å². The molecule has 0 saturated heterocycles. The number of aromatic nitrogens is 5. The highest BCUT2D eigenvalue weighted by molar-refractivity contribution is 5.78. The minimum absolute atomic E-state index is 0.148. The van der Waals surface area contributed by atoms with Crippen LogP contribution in [0.4, 0.5) is 0 Å². The van der Waals surface area contributed by atoms with Crippen molar-refractivity contribution in [3.05, 3.63) is 107 Å². The molecule has 0 aliphatic carbocycles. The lowest BCUT2D eigenvalue weighted by Crippen LogP contribution is -2.10. The van der Waals surface area contributed by atoms with Gasteiger partial charge >= 0.3 is 5.97 Å². The van der Waals surface area contributed by atoms with Crippen molar-refractivity contribution in [3.63, 3.8) is 0 Å². The number of benzene rings is 3. The number of para-hydroxylation sites is 1. The van der Waals surface area contributed by atoms with Crippen LogP contribution < -0.4 is 14.2 Å². The normalized spacial score (nSPS) is 12.2. The molecule has 3 aromatic carbocycles. The Morgan fingerprint density at radius 3 is 2.80 bits per heavy atom. The molecule has 1 aliphatic heterocycles. The summed E-state index contributed by atoms with van der Waals surface area (Å²) in [6, 6.07) is 23.5. The van der Waals surface area contributed by atoms with Crippen LogP contribution in [0.2, 0.25) is 0 Å². The number of esters is 1. The Bertz CT molecular complexity index is 1770. The molecule has 6 rings (SSSR count). The van der Waals surface area contributed by atoms with E-state index in [0.717, 1.165) is 39.0 Å². The summed E-state index contributed by atoms with van der Waals surface area (Å²) in [5.41, 5.74) is 4.53. The molecule has 0 radical (unpaired) electrons. The first-order valence-electron chi connectivity index (χ1n) is 14.3. The van der Waals surface area contributed by atoms with Gasteiger partial charge in [-0.05, 0) is 72.2 Å². The largest absolute Gasteiger partial charge is 0.493 e. The fourth-order valence-electron chi connectivity index (χ4n) is 4.72. The first-order chi connectivity index (χ1) is 21.6.